The van der Waals surface area contributed by atoms with Crippen molar-refractivity contribution in [1.82, 2.24) is 0 Å². The minimum Gasteiger partial charge on any atom is -0.508 e. The number of phenols is 1. The maximum atomic E-state index is 14.4. The van der Waals surface area contributed by atoms with Crippen LogP contribution < -0.4 is 10.2 Å². The summed E-state index contributed by atoms with van der Waals surface area (Å²) in [5.74, 6) is -4.36. The molecule has 2 saturated heterocycles. The zero-order chi connectivity index (χ0) is 20.9. The number of halogens is 1. The number of esters is 1. The summed E-state index contributed by atoms with van der Waals surface area (Å²) in [6.45, 7) is 1.56. The molecule has 0 bridgehead atoms. The quantitative estimate of drug-likeness (QED) is 0.590. The van der Waals surface area contributed by atoms with Crippen LogP contribution in [0.15, 0.2) is 48.5 Å². The lowest BCUT2D eigenvalue weighted by Crippen LogP contribution is -2.97. The number of aromatic hydroxyl groups is 1. The largest absolute Gasteiger partial charge is 0.508 e. The number of anilines is 1. The van der Waals surface area contributed by atoms with Gasteiger partial charge in [0.05, 0.1) is 12.8 Å². The van der Waals surface area contributed by atoms with E-state index in [0.717, 1.165) is 4.90 Å². The van der Waals surface area contributed by atoms with Crippen molar-refractivity contribution in [3.8, 4) is 5.75 Å². The molecule has 150 valence electrons. The number of ether oxygens (including phenoxy) is 1. The highest BCUT2D eigenvalue weighted by atomic mass is 19.1. The molecule has 4 atom stereocenters. The fourth-order valence-electron chi connectivity index (χ4n) is 4.55. The van der Waals surface area contributed by atoms with E-state index in [1.54, 1.807) is 24.4 Å². The molecular formula is C21H20FN2O5+. The molecule has 2 aliphatic heterocycles. The van der Waals surface area contributed by atoms with E-state index in [1.807, 2.05) is 0 Å². The van der Waals surface area contributed by atoms with Crippen LogP contribution in [0, 0.1) is 17.7 Å². The summed E-state index contributed by atoms with van der Waals surface area (Å²) in [5.41, 5.74) is -0.815. The van der Waals surface area contributed by atoms with Crippen molar-refractivity contribution in [3.05, 3.63) is 59.9 Å². The molecule has 2 aliphatic rings. The Bertz CT molecular complexity index is 1010. The predicted octanol–water partition coefficient (Wildman–Crippen LogP) is 0.887. The Morgan fingerprint density at radius 3 is 2.41 bits per heavy atom. The van der Waals surface area contributed by atoms with Gasteiger partial charge in [-0.2, -0.15) is 0 Å². The molecule has 7 nitrogen and oxygen atoms in total. The summed E-state index contributed by atoms with van der Waals surface area (Å²) in [4.78, 5) is 40.1. The fourth-order valence-corrected chi connectivity index (χ4v) is 4.55. The lowest BCUT2D eigenvalue weighted by atomic mass is 9.80. The number of para-hydroxylation sites is 1. The normalized spacial score (nSPS) is 28.5. The second kappa shape index (κ2) is 6.66. The Morgan fingerprint density at radius 1 is 1.14 bits per heavy atom. The molecule has 0 aromatic heterocycles. The van der Waals surface area contributed by atoms with Gasteiger partial charge in [0.1, 0.15) is 29.4 Å². The van der Waals surface area contributed by atoms with Crippen molar-refractivity contribution in [1.29, 1.82) is 0 Å². The zero-order valence-corrected chi connectivity index (χ0v) is 15.8. The molecule has 0 aliphatic carbocycles. The molecule has 8 heteroatoms. The van der Waals surface area contributed by atoms with Crippen LogP contribution in [0.4, 0.5) is 10.1 Å². The maximum Gasteiger partial charge on any atom is 0.368 e. The van der Waals surface area contributed by atoms with Gasteiger partial charge in [-0.25, -0.2) is 14.1 Å². The summed E-state index contributed by atoms with van der Waals surface area (Å²) >= 11 is 0. The van der Waals surface area contributed by atoms with Gasteiger partial charge in [-0.1, -0.05) is 12.1 Å². The number of nitrogens with zero attached hydrogens (tertiary/aromatic N) is 1. The van der Waals surface area contributed by atoms with Crippen LogP contribution in [0.5, 0.6) is 5.75 Å². The number of imide groups is 1. The first-order valence-corrected chi connectivity index (χ1v) is 9.15. The number of methoxy groups -OCH3 is 1. The van der Waals surface area contributed by atoms with E-state index in [9.17, 15) is 23.9 Å². The van der Waals surface area contributed by atoms with E-state index >= 15 is 0 Å². The molecule has 2 heterocycles. The Morgan fingerprint density at radius 2 is 1.79 bits per heavy atom. The van der Waals surface area contributed by atoms with Crippen LogP contribution in [0.1, 0.15) is 18.5 Å². The average molecular weight is 399 g/mol. The van der Waals surface area contributed by atoms with E-state index in [-0.39, 0.29) is 11.4 Å². The number of hydrogen-bond acceptors (Lipinski definition) is 5. The molecular weight excluding hydrogens is 379 g/mol. The second-order valence-electron chi connectivity index (χ2n) is 7.53. The number of amides is 2. The number of carbonyl (C=O) groups is 3. The molecule has 2 aromatic carbocycles. The molecule has 0 unspecified atom stereocenters. The molecule has 0 radical (unpaired) electrons. The molecule has 0 spiro atoms. The molecule has 0 saturated carbocycles. The third-order valence-electron chi connectivity index (χ3n) is 5.91. The summed E-state index contributed by atoms with van der Waals surface area (Å²) in [7, 11) is 1.22. The van der Waals surface area contributed by atoms with Gasteiger partial charge in [0, 0.05) is 12.5 Å². The lowest BCUT2D eigenvalue weighted by Gasteiger charge is -2.25. The SMILES string of the molecule is COC(=O)[C@@]1(C)[NH2+][C@@H](c2ccc(O)cc2)[C@H]2C(=O)N(c3ccccc3F)C(=O)[C@@H]21. The number of rotatable bonds is 3. The topological polar surface area (TPSA) is 101 Å². The van der Waals surface area contributed by atoms with Gasteiger partial charge in [-0.15, -0.1) is 0 Å². The van der Waals surface area contributed by atoms with Crippen LogP contribution >= 0.6 is 0 Å². The highest BCUT2D eigenvalue weighted by Gasteiger charge is 2.71. The Kier molecular flexibility index (Phi) is 4.38. The maximum absolute atomic E-state index is 14.4. The molecule has 29 heavy (non-hydrogen) atoms. The summed E-state index contributed by atoms with van der Waals surface area (Å²) in [6.07, 6.45) is 0. The van der Waals surface area contributed by atoms with Crippen molar-refractivity contribution in [2.75, 3.05) is 12.0 Å². The predicted molar refractivity (Wildman–Crippen MR) is 99.1 cm³/mol. The Hall–Kier alpha value is -3.26. The number of benzene rings is 2. The summed E-state index contributed by atoms with van der Waals surface area (Å²) in [5, 5.41) is 11.2. The highest BCUT2D eigenvalue weighted by molar-refractivity contribution is 6.23. The van der Waals surface area contributed by atoms with Crippen LogP contribution in [-0.4, -0.2) is 35.5 Å². The van der Waals surface area contributed by atoms with Crippen molar-refractivity contribution in [2.24, 2.45) is 11.8 Å². The Balaban J connectivity index is 1.84. The van der Waals surface area contributed by atoms with Gasteiger partial charge < -0.3 is 15.2 Å². The standard InChI is InChI=1S/C21H19FN2O5/c1-21(20(28)29-2)16-15(17(23-21)11-7-9-12(25)10-8-11)18(26)24(19(16)27)14-6-4-3-5-13(14)22/h3-10,15-17,23,25H,1-2H3/p+1/t15-,16+,17-,21-/m0/s1. The van der Waals surface area contributed by atoms with Crippen LogP contribution in [0.3, 0.4) is 0 Å². The van der Waals surface area contributed by atoms with Crippen molar-refractivity contribution < 1.29 is 33.9 Å². The number of quaternary nitrogens is 1. The number of phenolic OH excluding ortho intramolecular Hbond substituents is 1. The van der Waals surface area contributed by atoms with Gasteiger partial charge in [-0.05, 0) is 36.4 Å². The average Bonchev–Trinajstić information content (AvgIpc) is 3.17. The van der Waals surface area contributed by atoms with Crippen LogP contribution in [0.2, 0.25) is 0 Å². The number of nitrogens with two attached hydrogens (primary N) is 1. The van der Waals surface area contributed by atoms with Gasteiger partial charge in [-0.3, -0.25) is 9.59 Å². The van der Waals surface area contributed by atoms with E-state index in [2.05, 4.69) is 0 Å². The minimum atomic E-state index is -1.35. The van der Waals surface area contributed by atoms with Gasteiger partial charge in [0.2, 0.25) is 17.4 Å². The minimum absolute atomic E-state index is 0.0563. The monoisotopic (exact) mass is 399 g/mol. The van der Waals surface area contributed by atoms with Gasteiger partial charge in [0.25, 0.3) is 0 Å². The van der Waals surface area contributed by atoms with E-state index in [4.69, 9.17) is 4.74 Å². The first-order chi connectivity index (χ1) is 13.8. The van der Waals surface area contributed by atoms with Gasteiger partial charge >= 0.3 is 5.97 Å². The smallest absolute Gasteiger partial charge is 0.368 e. The van der Waals surface area contributed by atoms with E-state index in [0.29, 0.717) is 5.56 Å². The number of fused-ring (bicyclic) bond motifs is 1. The number of carbonyl (C=O) groups excluding carboxylic acids is 3. The third kappa shape index (κ3) is 2.71. The van der Waals surface area contributed by atoms with Crippen molar-refractivity contribution in [2.45, 2.75) is 18.5 Å². The zero-order valence-electron chi connectivity index (χ0n) is 15.8. The first kappa shape index (κ1) is 19.1. The lowest BCUT2D eigenvalue weighted by molar-refractivity contribution is -0.730. The van der Waals surface area contributed by atoms with Gasteiger partial charge in [0.15, 0.2) is 0 Å². The Labute approximate surface area is 166 Å². The molecule has 2 amide bonds. The molecule has 4 rings (SSSR count). The van der Waals surface area contributed by atoms with Crippen molar-refractivity contribution in [3.63, 3.8) is 0 Å². The fraction of sp³-hybridized carbons (Fsp3) is 0.286. The third-order valence-corrected chi connectivity index (χ3v) is 5.91. The molecule has 3 N–H and O–H groups in total. The number of hydrogen-bond donors (Lipinski definition) is 2. The first-order valence-electron chi connectivity index (χ1n) is 9.15. The summed E-state index contributed by atoms with van der Waals surface area (Å²) in [6, 6.07) is 11.2. The van der Waals surface area contributed by atoms with Crippen LogP contribution in [-0.2, 0) is 19.1 Å². The van der Waals surface area contributed by atoms with Crippen LogP contribution in [0.25, 0.3) is 0 Å². The summed E-state index contributed by atoms with van der Waals surface area (Å²) < 4.78 is 19.3. The second-order valence-corrected chi connectivity index (χ2v) is 7.53. The van der Waals surface area contributed by atoms with E-state index in [1.165, 1.54) is 43.5 Å². The van der Waals surface area contributed by atoms with Crippen molar-refractivity contribution >= 4 is 23.5 Å². The molecule has 2 aromatic rings. The molecule has 2 fully saturated rings. The highest BCUT2D eigenvalue weighted by Crippen LogP contribution is 2.46. The van der Waals surface area contributed by atoms with E-state index < -0.39 is 47.0 Å².